The van der Waals surface area contributed by atoms with Crippen LogP contribution < -0.4 is 5.32 Å². The second-order valence-corrected chi connectivity index (χ2v) is 4.67. The molecule has 1 aromatic heterocycles. The maximum absolute atomic E-state index is 12.9. The fourth-order valence-corrected chi connectivity index (χ4v) is 2.22. The monoisotopic (exact) mass is 285 g/mol. The number of carbonyl (C=O) groups is 1. The Labute approximate surface area is 119 Å². The molecule has 106 valence electrons. The van der Waals surface area contributed by atoms with E-state index in [4.69, 9.17) is 4.42 Å². The second-order valence-electron chi connectivity index (χ2n) is 4.67. The molecule has 2 N–H and O–H groups in total. The molecule has 1 amide bonds. The van der Waals surface area contributed by atoms with E-state index in [9.17, 15) is 14.3 Å². The number of nitrogens with one attached hydrogen (secondary N) is 1. The quantitative estimate of drug-likeness (QED) is 0.752. The summed E-state index contributed by atoms with van der Waals surface area (Å²) in [5.74, 6) is -0.235. The zero-order chi connectivity index (χ0) is 15.0. The average Bonchev–Trinajstić information content (AvgIpc) is 2.76. The summed E-state index contributed by atoms with van der Waals surface area (Å²) in [7, 11) is 0. The van der Waals surface area contributed by atoms with E-state index in [0.717, 1.165) is 0 Å². The molecule has 5 heteroatoms. The topological polar surface area (TPSA) is 62.5 Å². The largest absolute Gasteiger partial charge is 0.508 e. The van der Waals surface area contributed by atoms with Crippen LogP contribution in [0.4, 0.5) is 10.1 Å². The predicted molar refractivity (Wildman–Crippen MR) is 77.0 cm³/mol. The van der Waals surface area contributed by atoms with Gasteiger partial charge in [-0.3, -0.25) is 4.79 Å². The summed E-state index contributed by atoms with van der Waals surface area (Å²) >= 11 is 0. The van der Waals surface area contributed by atoms with Gasteiger partial charge in [0.05, 0.1) is 5.56 Å². The molecule has 0 spiro atoms. The molecule has 0 atom stereocenters. The van der Waals surface area contributed by atoms with Crippen molar-refractivity contribution in [2.45, 2.75) is 6.92 Å². The number of furan rings is 1. The maximum Gasteiger partial charge on any atom is 0.259 e. The van der Waals surface area contributed by atoms with Crippen LogP contribution in [-0.4, -0.2) is 11.0 Å². The van der Waals surface area contributed by atoms with Crippen molar-refractivity contribution < 1.29 is 18.7 Å². The summed E-state index contributed by atoms with van der Waals surface area (Å²) in [6.07, 6.45) is 0. The first-order valence-electron chi connectivity index (χ1n) is 6.33. The lowest BCUT2D eigenvalue weighted by molar-refractivity contribution is 0.102. The molecule has 2 aromatic carbocycles. The van der Waals surface area contributed by atoms with Gasteiger partial charge in [0.15, 0.2) is 0 Å². The van der Waals surface area contributed by atoms with Crippen molar-refractivity contribution >= 4 is 22.6 Å². The van der Waals surface area contributed by atoms with Crippen molar-refractivity contribution in [3.63, 3.8) is 0 Å². The van der Waals surface area contributed by atoms with Crippen molar-refractivity contribution in [1.82, 2.24) is 0 Å². The van der Waals surface area contributed by atoms with Gasteiger partial charge in [-0.25, -0.2) is 4.39 Å². The lowest BCUT2D eigenvalue weighted by Crippen LogP contribution is -2.12. The summed E-state index contributed by atoms with van der Waals surface area (Å²) < 4.78 is 18.4. The zero-order valence-corrected chi connectivity index (χ0v) is 11.2. The molecule has 0 aliphatic carbocycles. The molecule has 0 saturated heterocycles. The number of phenols is 1. The molecule has 0 radical (unpaired) electrons. The third-order valence-electron chi connectivity index (χ3n) is 3.18. The van der Waals surface area contributed by atoms with Gasteiger partial charge in [-0.15, -0.1) is 0 Å². The summed E-state index contributed by atoms with van der Waals surface area (Å²) in [6, 6.07) is 10.1. The van der Waals surface area contributed by atoms with E-state index < -0.39 is 0 Å². The van der Waals surface area contributed by atoms with Gasteiger partial charge in [-0.2, -0.15) is 0 Å². The maximum atomic E-state index is 12.9. The van der Waals surface area contributed by atoms with Crippen LogP contribution in [0, 0.1) is 12.7 Å². The van der Waals surface area contributed by atoms with Gasteiger partial charge in [0, 0.05) is 11.1 Å². The van der Waals surface area contributed by atoms with Crippen LogP contribution in [0.3, 0.4) is 0 Å². The Kier molecular flexibility index (Phi) is 3.10. The number of halogens is 1. The minimum Gasteiger partial charge on any atom is -0.508 e. The van der Waals surface area contributed by atoms with E-state index in [0.29, 0.717) is 28.0 Å². The number of phenolic OH excluding ortho intramolecular Hbond substituents is 1. The molecule has 4 nitrogen and oxygen atoms in total. The van der Waals surface area contributed by atoms with Gasteiger partial charge in [-0.1, -0.05) is 0 Å². The summed E-state index contributed by atoms with van der Waals surface area (Å²) in [4.78, 5) is 12.4. The Morgan fingerprint density at radius 1 is 1.19 bits per heavy atom. The van der Waals surface area contributed by atoms with E-state index >= 15 is 0 Å². The van der Waals surface area contributed by atoms with Crippen molar-refractivity contribution in [1.29, 1.82) is 0 Å². The third-order valence-corrected chi connectivity index (χ3v) is 3.18. The van der Waals surface area contributed by atoms with E-state index in [-0.39, 0.29) is 17.5 Å². The number of anilines is 1. The predicted octanol–water partition coefficient (Wildman–Crippen LogP) is 3.84. The Morgan fingerprint density at radius 2 is 1.90 bits per heavy atom. The Bertz CT molecular complexity index is 821. The lowest BCUT2D eigenvalue weighted by atomic mass is 10.1. The Morgan fingerprint density at radius 3 is 2.62 bits per heavy atom. The number of hydrogen-bond acceptors (Lipinski definition) is 3. The molecule has 0 aliphatic rings. The molecule has 3 aromatic rings. The summed E-state index contributed by atoms with van der Waals surface area (Å²) in [6.45, 7) is 1.68. The Hall–Kier alpha value is -2.82. The fourth-order valence-electron chi connectivity index (χ4n) is 2.22. The minimum absolute atomic E-state index is 0.0548. The number of amides is 1. The van der Waals surface area contributed by atoms with Gasteiger partial charge in [0.2, 0.25) is 0 Å². The van der Waals surface area contributed by atoms with Gasteiger partial charge >= 0.3 is 0 Å². The number of fused-ring (bicyclic) bond motifs is 1. The van der Waals surface area contributed by atoms with Crippen molar-refractivity contribution in [2.75, 3.05) is 5.32 Å². The Balaban J connectivity index is 1.99. The van der Waals surface area contributed by atoms with Crippen LogP contribution in [0.5, 0.6) is 5.75 Å². The van der Waals surface area contributed by atoms with Gasteiger partial charge in [-0.05, 0) is 49.4 Å². The van der Waals surface area contributed by atoms with Crippen molar-refractivity contribution in [3.8, 4) is 5.75 Å². The highest BCUT2D eigenvalue weighted by Crippen LogP contribution is 2.29. The first-order valence-corrected chi connectivity index (χ1v) is 6.33. The van der Waals surface area contributed by atoms with Crippen LogP contribution in [0.1, 0.15) is 16.1 Å². The average molecular weight is 285 g/mol. The summed E-state index contributed by atoms with van der Waals surface area (Å²) in [5, 5.41) is 12.8. The highest BCUT2D eigenvalue weighted by atomic mass is 19.1. The first-order chi connectivity index (χ1) is 10.0. The number of hydrogen-bond donors (Lipinski definition) is 2. The molecule has 0 fully saturated rings. The highest BCUT2D eigenvalue weighted by Gasteiger charge is 2.18. The van der Waals surface area contributed by atoms with Crippen LogP contribution in [-0.2, 0) is 0 Å². The number of carbonyl (C=O) groups excluding carboxylic acids is 1. The van der Waals surface area contributed by atoms with E-state index in [2.05, 4.69) is 5.32 Å². The second kappa shape index (κ2) is 4.94. The van der Waals surface area contributed by atoms with Crippen molar-refractivity contribution in [3.05, 3.63) is 59.6 Å². The van der Waals surface area contributed by atoms with E-state index in [1.54, 1.807) is 13.0 Å². The zero-order valence-electron chi connectivity index (χ0n) is 11.2. The van der Waals surface area contributed by atoms with E-state index in [1.807, 2.05) is 0 Å². The van der Waals surface area contributed by atoms with Crippen LogP contribution >= 0.6 is 0 Å². The van der Waals surface area contributed by atoms with Crippen molar-refractivity contribution in [2.24, 2.45) is 0 Å². The minimum atomic E-state index is -0.372. The third kappa shape index (κ3) is 2.45. The molecule has 1 heterocycles. The molecule has 0 unspecified atom stereocenters. The van der Waals surface area contributed by atoms with Gasteiger partial charge < -0.3 is 14.8 Å². The number of aromatic hydroxyl groups is 1. The standard InChI is InChI=1S/C16H12FNO3/c1-9-15(13-8-12(19)6-7-14(13)21-9)16(20)18-11-4-2-10(17)3-5-11/h2-8,19H,1H3,(H,18,20). The molecule has 3 rings (SSSR count). The smallest absolute Gasteiger partial charge is 0.259 e. The molecule has 0 aliphatic heterocycles. The van der Waals surface area contributed by atoms with Crippen LogP contribution in [0.25, 0.3) is 11.0 Å². The molecule has 21 heavy (non-hydrogen) atoms. The van der Waals surface area contributed by atoms with E-state index in [1.165, 1.54) is 36.4 Å². The SMILES string of the molecule is Cc1oc2ccc(O)cc2c1C(=O)Nc1ccc(F)cc1. The highest BCUT2D eigenvalue weighted by molar-refractivity contribution is 6.13. The molecular formula is C16H12FNO3. The summed E-state index contributed by atoms with van der Waals surface area (Å²) in [5.41, 5.74) is 1.36. The van der Waals surface area contributed by atoms with Gasteiger partial charge in [0.25, 0.3) is 5.91 Å². The molecule has 0 bridgehead atoms. The first kappa shape index (κ1) is 13.2. The van der Waals surface area contributed by atoms with Gasteiger partial charge in [0.1, 0.15) is 22.9 Å². The fraction of sp³-hybridized carbons (Fsp3) is 0.0625. The molecular weight excluding hydrogens is 273 g/mol. The molecule has 0 saturated carbocycles. The van der Waals surface area contributed by atoms with Crippen LogP contribution in [0.2, 0.25) is 0 Å². The normalized spacial score (nSPS) is 10.8. The van der Waals surface area contributed by atoms with Crippen LogP contribution in [0.15, 0.2) is 46.9 Å². The number of benzene rings is 2. The number of aryl methyl sites for hydroxylation is 1. The number of rotatable bonds is 2. The lowest BCUT2D eigenvalue weighted by Gasteiger charge is -2.04.